The molecule has 0 amide bonds. The topological polar surface area (TPSA) is 42.2 Å². The van der Waals surface area contributed by atoms with Crippen molar-refractivity contribution >= 4 is 0 Å². The Balaban J connectivity index is 3.23. The maximum absolute atomic E-state index is 9.87. The molecule has 0 radical (unpaired) electrons. The van der Waals surface area contributed by atoms with Crippen LogP contribution in [0.2, 0.25) is 0 Å². The van der Waals surface area contributed by atoms with Gasteiger partial charge in [-0.1, -0.05) is 46.1 Å². The van der Waals surface area contributed by atoms with Crippen LogP contribution in [-0.4, -0.2) is 14.2 Å². The van der Waals surface area contributed by atoms with Gasteiger partial charge in [-0.25, -0.2) is 0 Å². The highest BCUT2D eigenvalue weighted by molar-refractivity contribution is 5.47. The van der Waals surface area contributed by atoms with Crippen LogP contribution in [0.4, 0.5) is 0 Å². The zero-order chi connectivity index (χ0) is 15.9. The van der Waals surface area contributed by atoms with Gasteiger partial charge in [0, 0.05) is 0 Å². The van der Waals surface area contributed by atoms with Gasteiger partial charge in [-0.3, -0.25) is 0 Å². The van der Waals surface area contributed by atoms with Gasteiger partial charge in [0.1, 0.15) is 0 Å². The molecule has 21 heavy (non-hydrogen) atoms. The zero-order valence-corrected chi connectivity index (χ0v) is 13.9. The molecule has 0 aromatic heterocycles. The van der Waals surface area contributed by atoms with Crippen molar-refractivity contribution in [1.29, 1.82) is 5.26 Å². The molecule has 0 N–H and O–H groups in total. The molecule has 1 rings (SSSR count). The van der Waals surface area contributed by atoms with Crippen molar-refractivity contribution in [2.75, 3.05) is 14.2 Å². The third-order valence-electron chi connectivity index (χ3n) is 4.26. The number of ether oxygens (including phenoxy) is 2. The molecule has 0 spiro atoms. The smallest absolute Gasteiger partial charge is 0.161 e. The van der Waals surface area contributed by atoms with Crippen LogP contribution in [0.3, 0.4) is 0 Å². The molecule has 0 aliphatic heterocycles. The molecule has 1 atom stereocenters. The fraction of sp³-hybridized carbons (Fsp3) is 0.611. The van der Waals surface area contributed by atoms with E-state index in [1.807, 2.05) is 18.2 Å². The van der Waals surface area contributed by atoms with Crippen LogP contribution < -0.4 is 9.47 Å². The Kier molecular flexibility index (Phi) is 6.55. The highest BCUT2D eigenvalue weighted by Gasteiger charge is 2.36. The molecule has 0 aliphatic rings. The van der Waals surface area contributed by atoms with Crippen LogP contribution >= 0.6 is 0 Å². The van der Waals surface area contributed by atoms with Gasteiger partial charge in [-0.2, -0.15) is 5.26 Å². The van der Waals surface area contributed by atoms with Crippen LogP contribution in [0.5, 0.6) is 11.5 Å². The van der Waals surface area contributed by atoms with E-state index in [4.69, 9.17) is 9.47 Å². The molecule has 0 fully saturated rings. The lowest BCUT2D eigenvalue weighted by Gasteiger charge is -2.32. The lowest BCUT2D eigenvalue weighted by molar-refractivity contribution is 0.340. The molecular weight excluding hydrogens is 262 g/mol. The number of unbranched alkanes of at least 4 members (excludes halogenated alkanes) is 2. The van der Waals surface area contributed by atoms with Crippen LogP contribution in [0.15, 0.2) is 18.2 Å². The van der Waals surface area contributed by atoms with E-state index in [0.717, 1.165) is 31.2 Å². The zero-order valence-electron chi connectivity index (χ0n) is 13.9. The summed E-state index contributed by atoms with van der Waals surface area (Å²) in [6.07, 6.45) is 4.26. The first-order valence-electron chi connectivity index (χ1n) is 7.69. The molecule has 0 heterocycles. The van der Waals surface area contributed by atoms with E-state index in [9.17, 15) is 5.26 Å². The molecule has 1 unspecified atom stereocenters. The second-order valence-corrected chi connectivity index (χ2v) is 5.76. The highest BCUT2D eigenvalue weighted by Crippen LogP contribution is 2.40. The lowest BCUT2D eigenvalue weighted by Crippen LogP contribution is -2.30. The van der Waals surface area contributed by atoms with Crippen molar-refractivity contribution in [2.24, 2.45) is 5.92 Å². The highest BCUT2D eigenvalue weighted by atomic mass is 16.5. The van der Waals surface area contributed by atoms with Crippen molar-refractivity contribution in [2.45, 2.75) is 51.9 Å². The van der Waals surface area contributed by atoms with Gasteiger partial charge in [0.2, 0.25) is 0 Å². The Labute approximate surface area is 128 Å². The van der Waals surface area contributed by atoms with Gasteiger partial charge in [0.15, 0.2) is 11.5 Å². The summed E-state index contributed by atoms with van der Waals surface area (Å²) in [5, 5.41) is 9.87. The predicted molar refractivity (Wildman–Crippen MR) is 85.8 cm³/mol. The molecule has 1 aromatic carbocycles. The van der Waals surface area contributed by atoms with E-state index >= 15 is 0 Å². The first-order valence-corrected chi connectivity index (χ1v) is 7.69. The minimum atomic E-state index is -0.464. The summed E-state index contributed by atoms with van der Waals surface area (Å²) in [4.78, 5) is 0. The third-order valence-corrected chi connectivity index (χ3v) is 4.26. The average molecular weight is 289 g/mol. The number of hydrogen-bond acceptors (Lipinski definition) is 3. The van der Waals surface area contributed by atoms with E-state index in [0.29, 0.717) is 11.5 Å². The average Bonchev–Trinajstić information content (AvgIpc) is 2.51. The van der Waals surface area contributed by atoms with E-state index in [1.54, 1.807) is 14.2 Å². The summed E-state index contributed by atoms with van der Waals surface area (Å²) >= 11 is 0. The minimum absolute atomic E-state index is 0.248. The minimum Gasteiger partial charge on any atom is -0.493 e. The van der Waals surface area contributed by atoms with Gasteiger partial charge in [-0.15, -0.1) is 0 Å². The molecule has 116 valence electrons. The van der Waals surface area contributed by atoms with Crippen molar-refractivity contribution < 1.29 is 9.47 Å². The van der Waals surface area contributed by atoms with Crippen molar-refractivity contribution in [3.8, 4) is 17.6 Å². The summed E-state index contributed by atoms with van der Waals surface area (Å²) in [5.74, 6) is 1.63. The largest absolute Gasteiger partial charge is 0.493 e. The summed E-state index contributed by atoms with van der Waals surface area (Å²) in [6, 6.07) is 8.42. The van der Waals surface area contributed by atoms with E-state index < -0.39 is 5.41 Å². The Morgan fingerprint density at radius 2 is 1.81 bits per heavy atom. The van der Waals surface area contributed by atoms with Crippen LogP contribution in [0.25, 0.3) is 0 Å². The Morgan fingerprint density at radius 1 is 1.14 bits per heavy atom. The van der Waals surface area contributed by atoms with Gasteiger partial charge in [0.25, 0.3) is 0 Å². The van der Waals surface area contributed by atoms with Gasteiger partial charge < -0.3 is 9.47 Å². The molecule has 0 aliphatic carbocycles. The molecular formula is C18H27NO2. The first-order chi connectivity index (χ1) is 10.1. The second-order valence-electron chi connectivity index (χ2n) is 5.76. The number of nitrogens with zero attached hydrogens (tertiary/aromatic N) is 1. The van der Waals surface area contributed by atoms with Crippen molar-refractivity contribution in [3.05, 3.63) is 23.8 Å². The quantitative estimate of drug-likeness (QED) is 0.651. The summed E-state index contributed by atoms with van der Waals surface area (Å²) in [6.45, 7) is 6.41. The van der Waals surface area contributed by atoms with Gasteiger partial charge in [0.05, 0.1) is 25.7 Å². The Hall–Kier alpha value is -1.69. The van der Waals surface area contributed by atoms with Crippen molar-refractivity contribution in [3.63, 3.8) is 0 Å². The van der Waals surface area contributed by atoms with Crippen molar-refractivity contribution in [1.82, 2.24) is 0 Å². The number of methoxy groups -OCH3 is 2. The molecule has 3 nitrogen and oxygen atoms in total. The summed E-state index contributed by atoms with van der Waals surface area (Å²) < 4.78 is 10.7. The fourth-order valence-corrected chi connectivity index (χ4v) is 2.78. The predicted octanol–water partition coefficient (Wildman–Crippen LogP) is 4.70. The van der Waals surface area contributed by atoms with Crippen LogP contribution in [0, 0.1) is 17.2 Å². The summed E-state index contributed by atoms with van der Waals surface area (Å²) in [7, 11) is 3.25. The van der Waals surface area contributed by atoms with Gasteiger partial charge >= 0.3 is 0 Å². The molecule has 0 saturated heterocycles. The maximum Gasteiger partial charge on any atom is 0.161 e. The van der Waals surface area contributed by atoms with E-state index in [-0.39, 0.29) is 5.92 Å². The Morgan fingerprint density at radius 3 is 2.29 bits per heavy atom. The lowest BCUT2D eigenvalue weighted by atomic mass is 9.69. The Bertz CT molecular complexity index is 490. The molecule has 0 saturated carbocycles. The monoisotopic (exact) mass is 289 g/mol. The number of rotatable bonds is 8. The van der Waals surface area contributed by atoms with E-state index in [2.05, 4.69) is 26.8 Å². The normalized spacial score (nSPS) is 13.6. The van der Waals surface area contributed by atoms with Crippen LogP contribution in [-0.2, 0) is 5.41 Å². The second kappa shape index (κ2) is 7.93. The third kappa shape index (κ3) is 3.69. The molecule has 3 heteroatoms. The molecule has 0 bridgehead atoms. The SMILES string of the molecule is CCCCCC(C#N)(c1ccc(OC)c(OC)c1)C(C)C. The number of benzene rings is 1. The number of hydrogen-bond donors (Lipinski definition) is 0. The first kappa shape index (κ1) is 17.4. The maximum atomic E-state index is 9.87. The number of nitriles is 1. The fourth-order valence-electron chi connectivity index (χ4n) is 2.78. The molecule has 1 aromatic rings. The summed E-state index contributed by atoms with van der Waals surface area (Å²) in [5.41, 5.74) is 0.558. The van der Waals surface area contributed by atoms with Crippen LogP contribution in [0.1, 0.15) is 52.0 Å². The van der Waals surface area contributed by atoms with Gasteiger partial charge in [-0.05, 0) is 30.0 Å². The standard InChI is InChI=1S/C18H27NO2/c1-6-7-8-11-18(13-19,14(2)3)15-9-10-16(20-4)17(12-15)21-5/h9-10,12,14H,6-8,11H2,1-5H3. The van der Waals surface area contributed by atoms with E-state index in [1.165, 1.54) is 0 Å².